The maximum atomic E-state index is 13.3. The number of aromatic hydroxyl groups is 1. The van der Waals surface area contributed by atoms with Crippen LogP contribution in [-0.4, -0.2) is 45.1 Å². The van der Waals surface area contributed by atoms with Crippen molar-refractivity contribution in [3.05, 3.63) is 47.3 Å². The van der Waals surface area contributed by atoms with Crippen molar-refractivity contribution in [2.24, 2.45) is 5.92 Å². The molecule has 3 heterocycles. The van der Waals surface area contributed by atoms with Crippen LogP contribution in [-0.2, 0) is 4.79 Å². The second kappa shape index (κ2) is 8.37. The van der Waals surface area contributed by atoms with E-state index in [1.54, 1.807) is 30.0 Å². The van der Waals surface area contributed by atoms with Crippen LogP contribution in [0.3, 0.4) is 0 Å². The molecular weight excluding hydrogens is 396 g/mol. The molecule has 1 saturated heterocycles. The highest BCUT2D eigenvalue weighted by Gasteiger charge is 2.30. The number of hydrogen-bond donors (Lipinski definition) is 2. The Bertz CT molecular complexity index is 1130. The van der Waals surface area contributed by atoms with E-state index < -0.39 is 0 Å². The number of fused-ring (bicyclic) bond motifs is 1. The van der Waals surface area contributed by atoms with Crippen molar-refractivity contribution in [3.63, 3.8) is 0 Å². The molecule has 2 N–H and O–H groups in total. The summed E-state index contributed by atoms with van der Waals surface area (Å²) < 4.78 is 5.33. The standard InChI is InChI=1S/C23H26N4O4/c1-13(2)18-12-16(20-14(3)26-31-22(20)25-18)23(30)27-10-8-15(9-11-27)21(29)24-17-6-4-5-7-19(17)28/h4-7,12-13,15,28H,8-11H2,1-3H3,(H,24,29). The number of hydrogen-bond acceptors (Lipinski definition) is 6. The summed E-state index contributed by atoms with van der Waals surface area (Å²) in [7, 11) is 0. The van der Waals surface area contributed by atoms with Crippen LogP contribution < -0.4 is 5.32 Å². The topological polar surface area (TPSA) is 109 Å². The van der Waals surface area contributed by atoms with E-state index >= 15 is 0 Å². The fourth-order valence-electron chi connectivity index (χ4n) is 3.91. The van der Waals surface area contributed by atoms with Gasteiger partial charge in [-0.2, -0.15) is 0 Å². The Morgan fingerprint density at radius 2 is 1.94 bits per heavy atom. The lowest BCUT2D eigenvalue weighted by Crippen LogP contribution is -2.41. The summed E-state index contributed by atoms with van der Waals surface area (Å²) in [6.07, 6.45) is 1.11. The fourth-order valence-corrected chi connectivity index (χ4v) is 3.91. The number of phenols is 1. The maximum absolute atomic E-state index is 13.3. The smallest absolute Gasteiger partial charge is 0.259 e. The van der Waals surface area contributed by atoms with E-state index in [0.29, 0.717) is 54.0 Å². The van der Waals surface area contributed by atoms with Crippen LogP contribution in [0.1, 0.15) is 54.4 Å². The first-order chi connectivity index (χ1) is 14.8. The zero-order chi connectivity index (χ0) is 22.1. The number of carbonyl (C=O) groups is 2. The lowest BCUT2D eigenvalue weighted by molar-refractivity contribution is -0.121. The fraction of sp³-hybridized carbons (Fsp3) is 0.391. The molecule has 1 aliphatic rings. The van der Waals surface area contributed by atoms with E-state index in [9.17, 15) is 14.7 Å². The minimum Gasteiger partial charge on any atom is -0.506 e. The van der Waals surface area contributed by atoms with Gasteiger partial charge in [-0.3, -0.25) is 9.59 Å². The van der Waals surface area contributed by atoms with Crippen LogP contribution in [0.5, 0.6) is 5.75 Å². The van der Waals surface area contributed by atoms with Crippen LogP contribution in [0, 0.1) is 12.8 Å². The molecule has 162 valence electrons. The third-order valence-corrected chi connectivity index (χ3v) is 5.77. The molecule has 3 aromatic rings. The Labute approximate surface area is 180 Å². The summed E-state index contributed by atoms with van der Waals surface area (Å²) in [4.78, 5) is 32.2. The number of piperidine rings is 1. The molecule has 0 atom stereocenters. The molecule has 31 heavy (non-hydrogen) atoms. The Morgan fingerprint density at radius 3 is 2.61 bits per heavy atom. The summed E-state index contributed by atoms with van der Waals surface area (Å²) in [5.41, 5.74) is 2.74. The Hall–Kier alpha value is -3.42. The largest absolute Gasteiger partial charge is 0.506 e. The Morgan fingerprint density at radius 1 is 1.23 bits per heavy atom. The summed E-state index contributed by atoms with van der Waals surface area (Å²) in [5, 5.41) is 17.3. The maximum Gasteiger partial charge on any atom is 0.259 e. The molecule has 0 saturated carbocycles. The first-order valence-corrected chi connectivity index (χ1v) is 10.5. The number of likely N-dealkylation sites (tertiary alicyclic amines) is 1. The van der Waals surface area contributed by atoms with E-state index in [-0.39, 0.29) is 29.4 Å². The van der Waals surface area contributed by atoms with Crippen LogP contribution in [0.2, 0.25) is 0 Å². The number of nitrogens with zero attached hydrogens (tertiary/aromatic N) is 3. The van der Waals surface area contributed by atoms with Gasteiger partial charge in [-0.05, 0) is 43.9 Å². The third-order valence-electron chi connectivity index (χ3n) is 5.77. The number of para-hydroxylation sites is 2. The Kier molecular flexibility index (Phi) is 5.63. The highest BCUT2D eigenvalue weighted by molar-refractivity contribution is 6.06. The molecule has 1 fully saturated rings. The normalized spacial score (nSPS) is 14.9. The molecular formula is C23H26N4O4. The van der Waals surface area contributed by atoms with Crippen molar-refractivity contribution in [1.82, 2.24) is 15.0 Å². The van der Waals surface area contributed by atoms with Gasteiger partial charge >= 0.3 is 0 Å². The Balaban J connectivity index is 1.48. The number of carbonyl (C=O) groups excluding carboxylic acids is 2. The number of phenolic OH excluding ortho intramolecular Hbond substituents is 1. The summed E-state index contributed by atoms with van der Waals surface area (Å²) in [6, 6.07) is 8.48. The van der Waals surface area contributed by atoms with Crippen molar-refractivity contribution < 1.29 is 19.2 Å². The van der Waals surface area contributed by atoms with E-state index in [4.69, 9.17) is 4.52 Å². The number of aromatic nitrogens is 2. The second-order valence-electron chi connectivity index (χ2n) is 8.27. The minimum atomic E-state index is -0.218. The van der Waals surface area contributed by atoms with Gasteiger partial charge in [0.15, 0.2) is 0 Å². The van der Waals surface area contributed by atoms with Gasteiger partial charge in [0.25, 0.3) is 11.6 Å². The van der Waals surface area contributed by atoms with Gasteiger partial charge < -0.3 is 19.8 Å². The molecule has 4 rings (SSSR count). The highest BCUT2D eigenvalue weighted by Crippen LogP contribution is 2.29. The van der Waals surface area contributed by atoms with Gasteiger partial charge in [0.2, 0.25) is 5.91 Å². The molecule has 0 aliphatic carbocycles. The predicted octanol–water partition coefficient (Wildman–Crippen LogP) is 3.85. The molecule has 8 heteroatoms. The molecule has 0 radical (unpaired) electrons. The van der Waals surface area contributed by atoms with Crippen LogP contribution >= 0.6 is 0 Å². The number of rotatable bonds is 4. The lowest BCUT2D eigenvalue weighted by atomic mass is 9.94. The van der Waals surface area contributed by atoms with Crippen LogP contribution in [0.4, 0.5) is 5.69 Å². The van der Waals surface area contributed by atoms with E-state index in [0.717, 1.165) is 5.69 Å². The van der Waals surface area contributed by atoms with Crippen LogP contribution in [0.15, 0.2) is 34.9 Å². The number of amides is 2. The van der Waals surface area contributed by atoms with Crippen molar-refractivity contribution >= 4 is 28.6 Å². The van der Waals surface area contributed by atoms with Crippen molar-refractivity contribution in [1.29, 1.82) is 0 Å². The summed E-state index contributed by atoms with van der Waals surface area (Å²) >= 11 is 0. The zero-order valence-corrected chi connectivity index (χ0v) is 17.9. The molecule has 0 spiro atoms. The molecule has 0 bridgehead atoms. The highest BCUT2D eigenvalue weighted by atomic mass is 16.5. The van der Waals surface area contributed by atoms with E-state index in [2.05, 4.69) is 15.5 Å². The molecule has 1 aromatic carbocycles. The van der Waals surface area contributed by atoms with Crippen molar-refractivity contribution in [2.45, 2.75) is 39.5 Å². The van der Waals surface area contributed by atoms with Crippen molar-refractivity contribution in [3.8, 4) is 5.75 Å². The number of aryl methyl sites for hydroxylation is 1. The second-order valence-corrected chi connectivity index (χ2v) is 8.27. The molecule has 2 amide bonds. The van der Waals surface area contributed by atoms with Gasteiger partial charge in [0.1, 0.15) is 5.75 Å². The SMILES string of the molecule is Cc1noc2nc(C(C)C)cc(C(=O)N3CCC(C(=O)Nc4ccccc4O)CC3)c12. The molecule has 8 nitrogen and oxygen atoms in total. The molecule has 1 aliphatic heterocycles. The predicted molar refractivity (Wildman–Crippen MR) is 116 cm³/mol. The van der Waals surface area contributed by atoms with Crippen molar-refractivity contribution in [2.75, 3.05) is 18.4 Å². The number of anilines is 1. The number of nitrogens with one attached hydrogen (secondary N) is 1. The summed E-state index contributed by atoms with van der Waals surface area (Å²) in [5.74, 6) is -0.276. The number of benzene rings is 1. The first kappa shape index (κ1) is 20.8. The van der Waals surface area contributed by atoms with Gasteiger partial charge in [-0.25, -0.2) is 4.98 Å². The van der Waals surface area contributed by atoms with Crippen LogP contribution in [0.25, 0.3) is 11.1 Å². The molecule has 0 unspecified atom stereocenters. The molecule has 2 aromatic heterocycles. The van der Waals surface area contributed by atoms with E-state index in [1.807, 2.05) is 19.9 Å². The minimum absolute atomic E-state index is 0.0372. The van der Waals surface area contributed by atoms with Gasteiger partial charge in [0.05, 0.1) is 22.3 Å². The summed E-state index contributed by atoms with van der Waals surface area (Å²) in [6.45, 7) is 6.78. The van der Waals surface area contributed by atoms with Gasteiger partial charge in [-0.1, -0.05) is 31.1 Å². The average Bonchev–Trinajstić information content (AvgIpc) is 3.15. The monoisotopic (exact) mass is 422 g/mol. The van der Waals surface area contributed by atoms with Gasteiger partial charge in [0, 0.05) is 24.7 Å². The number of pyridine rings is 1. The average molecular weight is 422 g/mol. The van der Waals surface area contributed by atoms with E-state index in [1.165, 1.54) is 6.07 Å². The lowest BCUT2D eigenvalue weighted by Gasteiger charge is -2.31. The third kappa shape index (κ3) is 4.10. The zero-order valence-electron chi connectivity index (χ0n) is 17.9. The van der Waals surface area contributed by atoms with Gasteiger partial charge in [-0.15, -0.1) is 0 Å². The quantitative estimate of drug-likeness (QED) is 0.618. The first-order valence-electron chi connectivity index (χ1n) is 10.5.